The molecule has 1 aromatic carbocycles. The third kappa shape index (κ3) is 5.13. The molecule has 1 unspecified atom stereocenters. The molecule has 9 heteroatoms. The van der Waals surface area contributed by atoms with Crippen LogP contribution in [0.25, 0.3) is 0 Å². The third-order valence-corrected chi connectivity index (χ3v) is 6.87. The molecule has 3 N–H and O–H groups in total. The van der Waals surface area contributed by atoms with Crippen LogP contribution in [0.5, 0.6) is 0 Å². The second-order valence-electron chi connectivity index (χ2n) is 6.52. The average Bonchev–Trinajstić information content (AvgIpc) is 3.20. The summed E-state index contributed by atoms with van der Waals surface area (Å²) in [6, 6.07) is 6.44. The second-order valence-corrected chi connectivity index (χ2v) is 9.45. The van der Waals surface area contributed by atoms with Crippen LogP contribution in [0.3, 0.4) is 0 Å². The summed E-state index contributed by atoms with van der Waals surface area (Å²) in [6.07, 6.45) is 4.16. The lowest BCUT2D eigenvalue weighted by atomic mass is 9.84. The van der Waals surface area contributed by atoms with Gasteiger partial charge in [0.1, 0.15) is 5.88 Å². The smallest absolute Gasteiger partial charge is 0.233 e. The van der Waals surface area contributed by atoms with Crippen molar-refractivity contribution in [1.29, 1.82) is 0 Å². The van der Waals surface area contributed by atoms with E-state index >= 15 is 0 Å². The standard InChI is InChI=1S/C18H23N3O4S2/c19-12-27(23,24)15-3-1-14(2-4-15)16(11-13-5-8-25-9-6-13)17(22)21-18-20-7-10-26-18/h1-4,7,10,13,16H,5-6,8-9,11-12,19H2,(H,20,21,22). The topological polar surface area (TPSA) is 111 Å². The number of carbonyl (C=O) groups excluding carboxylic acids is 1. The van der Waals surface area contributed by atoms with Crippen LogP contribution in [0, 0.1) is 5.92 Å². The highest BCUT2D eigenvalue weighted by Crippen LogP contribution is 2.31. The summed E-state index contributed by atoms with van der Waals surface area (Å²) in [5, 5.41) is 5.22. The highest BCUT2D eigenvalue weighted by molar-refractivity contribution is 7.91. The lowest BCUT2D eigenvalue weighted by molar-refractivity contribution is -0.118. The van der Waals surface area contributed by atoms with Crippen molar-refractivity contribution < 1.29 is 17.9 Å². The molecular formula is C18H23N3O4S2. The Balaban J connectivity index is 1.82. The number of ether oxygens (including phenoxy) is 1. The molecule has 0 aliphatic carbocycles. The fourth-order valence-electron chi connectivity index (χ4n) is 3.19. The molecule has 2 heterocycles. The zero-order chi connectivity index (χ0) is 19.3. The molecule has 1 aliphatic rings. The van der Waals surface area contributed by atoms with E-state index in [0.29, 0.717) is 30.7 Å². The van der Waals surface area contributed by atoms with Crippen molar-refractivity contribution in [2.75, 3.05) is 24.4 Å². The maximum absolute atomic E-state index is 12.9. The van der Waals surface area contributed by atoms with Gasteiger partial charge in [0.05, 0.1) is 10.8 Å². The fourth-order valence-corrected chi connectivity index (χ4v) is 4.47. The minimum Gasteiger partial charge on any atom is -0.381 e. The van der Waals surface area contributed by atoms with Gasteiger partial charge in [-0.05, 0) is 42.9 Å². The Hall–Kier alpha value is -1.81. The number of anilines is 1. The Morgan fingerprint density at radius 3 is 2.59 bits per heavy atom. The van der Waals surface area contributed by atoms with Crippen molar-refractivity contribution in [3.8, 4) is 0 Å². The highest BCUT2D eigenvalue weighted by Gasteiger charge is 2.27. The van der Waals surface area contributed by atoms with E-state index in [1.807, 2.05) is 0 Å². The van der Waals surface area contributed by atoms with Crippen LogP contribution in [0.2, 0.25) is 0 Å². The molecule has 1 aromatic heterocycles. The quantitative estimate of drug-likeness (QED) is 0.726. The van der Waals surface area contributed by atoms with Crippen molar-refractivity contribution in [2.45, 2.75) is 30.1 Å². The molecule has 146 valence electrons. The van der Waals surface area contributed by atoms with Gasteiger partial charge in [0.25, 0.3) is 0 Å². The minimum atomic E-state index is -3.48. The van der Waals surface area contributed by atoms with Gasteiger partial charge in [0.15, 0.2) is 15.0 Å². The Morgan fingerprint density at radius 2 is 2.00 bits per heavy atom. The first-order chi connectivity index (χ1) is 13.0. The van der Waals surface area contributed by atoms with E-state index in [-0.39, 0.29) is 16.7 Å². The molecule has 3 rings (SSSR count). The van der Waals surface area contributed by atoms with Crippen LogP contribution >= 0.6 is 11.3 Å². The van der Waals surface area contributed by atoms with Crippen LogP contribution in [0.4, 0.5) is 5.13 Å². The first kappa shape index (κ1) is 19.9. The average molecular weight is 410 g/mol. The number of nitrogens with zero attached hydrogens (tertiary/aromatic N) is 1. The molecule has 2 aromatic rings. The maximum atomic E-state index is 12.9. The summed E-state index contributed by atoms with van der Waals surface area (Å²) >= 11 is 1.36. The molecule has 1 fully saturated rings. The summed E-state index contributed by atoms with van der Waals surface area (Å²) in [5.74, 6) is -0.571. The number of rotatable bonds is 7. The molecule has 7 nitrogen and oxygen atoms in total. The molecule has 1 amide bonds. The molecule has 1 aliphatic heterocycles. The monoisotopic (exact) mass is 409 g/mol. The van der Waals surface area contributed by atoms with Gasteiger partial charge in [-0.15, -0.1) is 11.3 Å². The number of thiazole rings is 1. The number of aromatic nitrogens is 1. The summed E-state index contributed by atoms with van der Waals surface area (Å²) in [4.78, 5) is 17.2. The first-order valence-electron chi connectivity index (χ1n) is 8.80. The molecule has 0 spiro atoms. The van der Waals surface area contributed by atoms with Gasteiger partial charge in [-0.25, -0.2) is 13.4 Å². The van der Waals surface area contributed by atoms with Gasteiger partial charge in [-0.2, -0.15) is 0 Å². The van der Waals surface area contributed by atoms with Crippen LogP contribution in [-0.2, 0) is 19.4 Å². The second kappa shape index (κ2) is 8.92. The van der Waals surface area contributed by atoms with Crippen LogP contribution in [-0.4, -0.2) is 38.4 Å². The zero-order valence-corrected chi connectivity index (χ0v) is 16.5. The van der Waals surface area contributed by atoms with Gasteiger partial charge in [-0.1, -0.05) is 12.1 Å². The number of benzene rings is 1. The highest BCUT2D eigenvalue weighted by atomic mass is 32.2. The van der Waals surface area contributed by atoms with Crippen LogP contribution in [0.1, 0.15) is 30.7 Å². The molecule has 0 bridgehead atoms. The van der Waals surface area contributed by atoms with Crippen LogP contribution in [0.15, 0.2) is 40.7 Å². The van der Waals surface area contributed by atoms with Crippen molar-refractivity contribution in [2.24, 2.45) is 11.7 Å². The van der Waals surface area contributed by atoms with E-state index in [1.165, 1.54) is 23.5 Å². The Bertz CT molecular complexity index is 845. The predicted molar refractivity (Wildman–Crippen MR) is 104 cm³/mol. The van der Waals surface area contributed by atoms with Crippen molar-refractivity contribution >= 4 is 32.2 Å². The van der Waals surface area contributed by atoms with Crippen LogP contribution < -0.4 is 11.1 Å². The van der Waals surface area contributed by atoms with Crippen molar-refractivity contribution in [3.05, 3.63) is 41.4 Å². The third-order valence-electron chi connectivity index (χ3n) is 4.75. The predicted octanol–water partition coefficient (Wildman–Crippen LogP) is 2.37. The largest absolute Gasteiger partial charge is 0.381 e. The van der Waals surface area contributed by atoms with E-state index in [2.05, 4.69) is 10.3 Å². The number of nitrogens with two attached hydrogens (primary N) is 1. The SMILES string of the molecule is NCS(=O)(=O)c1ccc(C(CC2CCOCC2)C(=O)Nc2nccs2)cc1. The van der Waals surface area contributed by atoms with E-state index in [9.17, 15) is 13.2 Å². The minimum absolute atomic E-state index is 0.133. The Kier molecular flexibility index (Phi) is 6.59. The lowest BCUT2D eigenvalue weighted by Crippen LogP contribution is -2.26. The normalized spacial score (nSPS) is 16.8. The maximum Gasteiger partial charge on any atom is 0.233 e. The number of amides is 1. The van der Waals surface area contributed by atoms with E-state index in [4.69, 9.17) is 10.5 Å². The fraction of sp³-hybridized carbons (Fsp3) is 0.444. The van der Waals surface area contributed by atoms with Gasteiger partial charge < -0.3 is 15.8 Å². The Morgan fingerprint density at radius 1 is 1.30 bits per heavy atom. The number of hydrogen-bond donors (Lipinski definition) is 2. The number of carbonyl (C=O) groups is 1. The molecule has 0 saturated carbocycles. The summed E-state index contributed by atoms with van der Waals surface area (Å²) in [6.45, 7) is 1.42. The van der Waals surface area contributed by atoms with E-state index in [0.717, 1.165) is 18.4 Å². The number of nitrogens with one attached hydrogen (secondary N) is 1. The molecule has 1 saturated heterocycles. The van der Waals surface area contributed by atoms with E-state index < -0.39 is 15.7 Å². The van der Waals surface area contributed by atoms with Gasteiger partial charge in [0, 0.05) is 24.8 Å². The van der Waals surface area contributed by atoms with Gasteiger partial charge in [0.2, 0.25) is 5.91 Å². The number of sulfone groups is 1. The van der Waals surface area contributed by atoms with E-state index in [1.54, 1.807) is 23.7 Å². The first-order valence-corrected chi connectivity index (χ1v) is 11.3. The van der Waals surface area contributed by atoms with Gasteiger partial charge in [-0.3, -0.25) is 4.79 Å². The summed E-state index contributed by atoms with van der Waals surface area (Å²) < 4.78 is 29.2. The number of hydrogen-bond acceptors (Lipinski definition) is 7. The summed E-state index contributed by atoms with van der Waals surface area (Å²) in [5.41, 5.74) is 6.10. The molecule has 27 heavy (non-hydrogen) atoms. The molecular weight excluding hydrogens is 386 g/mol. The molecule has 1 atom stereocenters. The lowest BCUT2D eigenvalue weighted by Gasteiger charge is -2.26. The molecule has 0 radical (unpaired) electrons. The summed E-state index contributed by atoms with van der Waals surface area (Å²) in [7, 11) is -3.48. The zero-order valence-electron chi connectivity index (χ0n) is 14.8. The Labute approximate surface area is 162 Å². The van der Waals surface area contributed by atoms with Gasteiger partial charge >= 0.3 is 0 Å². The van der Waals surface area contributed by atoms with Crippen molar-refractivity contribution in [1.82, 2.24) is 4.98 Å². The van der Waals surface area contributed by atoms with Crippen molar-refractivity contribution in [3.63, 3.8) is 0 Å².